The third-order valence-electron chi connectivity index (χ3n) is 5.25. The van der Waals surface area contributed by atoms with E-state index in [0.717, 1.165) is 47.7 Å². The fourth-order valence-corrected chi connectivity index (χ4v) is 3.86. The molecule has 0 bridgehead atoms. The number of pyridine rings is 1. The Kier molecular flexibility index (Phi) is 6.11. The number of aryl methyl sites for hydroxylation is 2. The molecule has 0 saturated carbocycles. The molecular formula is C22H22N6O4. The highest BCUT2D eigenvalue weighted by Crippen LogP contribution is 2.34. The summed E-state index contributed by atoms with van der Waals surface area (Å²) in [6.45, 7) is 0.159. The van der Waals surface area contributed by atoms with Gasteiger partial charge in [0.15, 0.2) is 5.82 Å². The average Bonchev–Trinajstić information content (AvgIpc) is 3.55. The van der Waals surface area contributed by atoms with Crippen molar-refractivity contribution in [2.24, 2.45) is 0 Å². The van der Waals surface area contributed by atoms with E-state index in [0.29, 0.717) is 12.4 Å². The molecule has 0 atom stereocenters. The van der Waals surface area contributed by atoms with Crippen molar-refractivity contribution >= 4 is 6.47 Å². The van der Waals surface area contributed by atoms with Crippen LogP contribution in [0.1, 0.15) is 23.5 Å². The maximum Gasteiger partial charge on any atom is 0.340 e. The molecule has 3 N–H and O–H groups in total. The number of carboxylic acid groups (broad SMARTS) is 1. The van der Waals surface area contributed by atoms with Crippen molar-refractivity contribution in [3.8, 4) is 28.4 Å². The summed E-state index contributed by atoms with van der Waals surface area (Å²) in [6, 6.07) is 10.2. The number of hydrogen-bond acceptors (Lipinski definition) is 6. The predicted molar refractivity (Wildman–Crippen MR) is 116 cm³/mol. The smallest absolute Gasteiger partial charge is 0.340 e. The molecule has 0 spiro atoms. The molecule has 1 aliphatic carbocycles. The Balaban J connectivity index is 0.000000775. The highest BCUT2D eigenvalue weighted by molar-refractivity contribution is 5.74. The molecule has 4 aromatic rings. The number of aromatic amines is 2. The largest absolute Gasteiger partial charge is 0.496 e. The summed E-state index contributed by atoms with van der Waals surface area (Å²) < 4.78 is 7.54. The molecule has 1 aromatic carbocycles. The number of hydrogen-bond donors (Lipinski definition) is 3. The number of H-pyrrole nitrogens is 2. The highest BCUT2D eigenvalue weighted by atomic mass is 16.5. The minimum absolute atomic E-state index is 0.250. The van der Waals surface area contributed by atoms with E-state index in [9.17, 15) is 4.79 Å². The zero-order valence-corrected chi connectivity index (χ0v) is 17.4. The lowest BCUT2D eigenvalue weighted by Gasteiger charge is -2.12. The van der Waals surface area contributed by atoms with E-state index in [1.54, 1.807) is 13.3 Å². The Hall–Kier alpha value is -4.21. The van der Waals surface area contributed by atoms with Gasteiger partial charge in [-0.05, 0) is 49.1 Å². The topological polar surface area (TPSA) is 139 Å². The molecule has 32 heavy (non-hydrogen) atoms. The number of fused-ring (bicyclic) bond motifs is 1. The van der Waals surface area contributed by atoms with Gasteiger partial charge in [-0.1, -0.05) is 6.07 Å². The Morgan fingerprint density at radius 1 is 1.25 bits per heavy atom. The summed E-state index contributed by atoms with van der Waals surface area (Å²) in [4.78, 5) is 31.7. The monoisotopic (exact) mass is 434 g/mol. The maximum atomic E-state index is 11.3. The normalized spacial score (nSPS) is 12.0. The number of benzene rings is 1. The van der Waals surface area contributed by atoms with Crippen molar-refractivity contribution < 1.29 is 14.6 Å². The van der Waals surface area contributed by atoms with Crippen LogP contribution in [0, 0.1) is 0 Å². The molecule has 0 radical (unpaired) electrons. The van der Waals surface area contributed by atoms with Gasteiger partial charge in [-0.2, -0.15) is 5.10 Å². The van der Waals surface area contributed by atoms with Gasteiger partial charge in [0, 0.05) is 29.2 Å². The Morgan fingerprint density at radius 3 is 2.84 bits per heavy atom. The zero-order valence-electron chi connectivity index (χ0n) is 17.4. The number of imidazole rings is 1. The van der Waals surface area contributed by atoms with Crippen molar-refractivity contribution in [2.45, 2.75) is 25.8 Å². The summed E-state index contributed by atoms with van der Waals surface area (Å²) in [7, 11) is 1.67. The Bertz CT molecular complexity index is 1290. The van der Waals surface area contributed by atoms with Gasteiger partial charge in [0.05, 0.1) is 19.3 Å². The van der Waals surface area contributed by atoms with Crippen LogP contribution in [-0.4, -0.2) is 48.4 Å². The molecule has 0 amide bonds. The quantitative estimate of drug-likeness (QED) is 0.410. The van der Waals surface area contributed by atoms with Crippen LogP contribution in [0.2, 0.25) is 0 Å². The first kappa shape index (κ1) is 21.0. The van der Waals surface area contributed by atoms with E-state index < -0.39 is 0 Å². The zero-order chi connectivity index (χ0) is 22.5. The fourth-order valence-electron chi connectivity index (χ4n) is 3.86. The summed E-state index contributed by atoms with van der Waals surface area (Å²) in [5.74, 6) is 2.09. The first-order valence-electron chi connectivity index (χ1n) is 10.0. The number of methoxy groups -OCH3 is 1. The van der Waals surface area contributed by atoms with E-state index in [1.807, 2.05) is 22.9 Å². The van der Waals surface area contributed by atoms with Crippen molar-refractivity contribution in [1.29, 1.82) is 0 Å². The number of nitrogens with one attached hydrogen (secondary N) is 2. The number of nitrogens with zero attached hydrogens (tertiary/aromatic N) is 4. The number of ether oxygens (including phenoxy) is 1. The number of rotatable bonds is 5. The van der Waals surface area contributed by atoms with E-state index in [2.05, 4.69) is 38.4 Å². The van der Waals surface area contributed by atoms with Crippen LogP contribution < -0.4 is 10.4 Å². The molecule has 10 heteroatoms. The molecule has 3 heterocycles. The molecule has 0 aliphatic heterocycles. The molecule has 0 saturated heterocycles. The third-order valence-corrected chi connectivity index (χ3v) is 5.25. The molecule has 0 unspecified atom stereocenters. The van der Waals surface area contributed by atoms with Crippen LogP contribution in [0.3, 0.4) is 0 Å². The lowest BCUT2D eigenvalue weighted by Crippen LogP contribution is -2.05. The van der Waals surface area contributed by atoms with Crippen molar-refractivity contribution in [3.63, 3.8) is 0 Å². The van der Waals surface area contributed by atoms with Gasteiger partial charge < -0.3 is 14.4 Å². The lowest BCUT2D eigenvalue weighted by molar-refractivity contribution is -0.122. The van der Waals surface area contributed by atoms with Crippen molar-refractivity contribution in [3.05, 3.63) is 70.3 Å². The summed E-state index contributed by atoms with van der Waals surface area (Å²) >= 11 is 0. The second-order valence-corrected chi connectivity index (χ2v) is 7.18. The van der Waals surface area contributed by atoms with Crippen LogP contribution in [0.25, 0.3) is 22.6 Å². The molecular weight excluding hydrogens is 412 g/mol. The van der Waals surface area contributed by atoms with Crippen molar-refractivity contribution in [2.75, 3.05) is 7.11 Å². The van der Waals surface area contributed by atoms with Crippen LogP contribution in [0.5, 0.6) is 5.75 Å². The van der Waals surface area contributed by atoms with E-state index in [-0.39, 0.29) is 12.2 Å². The maximum absolute atomic E-state index is 11.3. The summed E-state index contributed by atoms with van der Waals surface area (Å²) in [5, 5.41) is 13.3. The van der Waals surface area contributed by atoms with Crippen molar-refractivity contribution in [1.82, 2.24) is 29.7 Å². The average molecular weight is 434 g/mol. The standard InChI is InChI=1S/C21H20N6O2.CH2O2/c1-29-18-8-6-14(11-15(18)17-7-5-13-3-2-4-16(13)23-17)20-22-9-10-27(20)12-19-24-21(28)26-25-19;2-1-3/h5-11H,2-4,12H2,1H3,(H2,24,25,26,28);1H,(H,2,3). The van der Waals surface area contributed by atoms with Crippen LogP contribution in [0.4, 0.5) is 0 Å². The second kappa shape index (κ2) is 9.29. The van der Waals surface area contributed by atoms with Gasteiger partial charge in [-0.15, -0.1) is 0 Å². The van der Waals surface area contributed by atoms with Gasteiger partial charge in [0.25, 0.3) is 6.47 Å². The Labute approximate surface area is 182 Å². The molecule has 5 rings (SSSR count). The van der Waals surface area contributed by atoms with Crippen LogP contribution >= 0.6 is 0 Å². The Morgan fingerprint density at radius 2 is 2.09 bits per heavy atom. The third kappa shape index (κ3) is 4.29. The predicted octanol–water partition coefficient (Wildman–Crippen LogP) is 2.27. The molecule has 164 valence electrons. The molecule has 10 nitrogen and oxygen atoms in total. The number of aromatic nitrogens is 6. The van der Waals surface area contributed by atoms with Gasteiger partial charge in [-0.3, -0.25) is 14.8 Å². The first-order valence-corrected chi connectivity index (χ1v) is 10.0. The fraction of sp³-hybridized carbons (Fsp3) is 0.227. The SMILES string of the molecule is COc1ccc(-c2nccn2Cc2n[nH]c(=O)[nH]2)cc1-c1ccc2c(n1)CCC2.O=CO. The van der Waals surface area contributed by atoms with Crippen LogP contribution in [-0.2, 0) is 24.2 Å². The second-order valence-electron chi connectivity index (χ2n) is 7.18. The lowest BCUT2D eigenvalue weighted by atomic mass is 10.0. The molecule has 0 fully saturated rings. The van der Waals surface area contributed by atoms with Crippen LogP contribution in [0.15, 0.2) is 47.5 Å². The minimum Gasteiger partial charge on any atom is -0.496 e. The van der Waals surface area contributed by atoms with E-state index >= 15 is 0 Å². The summed E-state index contributed by atoms with van der Waals surface area (Å²) in [5.41, 5.74) is 4.97. The molecule has 1 aliphatic rings. The molecule has 3 aromatic heterocycles. The summed E-state index contributed by atoms with van der Waals surface area (Å²) in [6.07, 6.45) is 6.89. The van der Waals surface area contributed by atoms with E-state index in [1.165, 1.54) is 11.3 Å². The number of carbonyl (C=O) groups is 1. The van der Waals surface area contributed by atoms with Gasteiger partial charge >= 0.3 is 5.69 Å². The van der Waals surface area contributed by atoms with Gasteiger partial charge in [0.1, 0.15) is 11.6 Å². The highest BCUT2D eigenvalue weighted by Gasteiger charge is 2.17. The van der Waals surface area contributed by atoms with Gasteiger partial charge in [0.2, 0.25) is 0 Å². The minimum atomic E-state index is -0.323. The first-order chi connectivity index (χ1) is 15.6. The van der Waals surface area contributed by atoms with Gasteiger partial charge in [-0.25, -0.2) is 14.9 Å². The van der Waals surface area contributed by atoms with E-state index in [4.69, 9.17) is 19.6 Å².